The van der Waals surface area contributed by atoms with Crippen molar-refractivity contribution in [1.82, 2.24) is 20.1 Å². The number of carbonyl (C=O) groups is 1. The zero-order chi connectivity index (χ0) is 21.3. The summed E-state index contributed by atoms with van der Waals surface area (Å²) in [6, 6.07) is 13.9. The van der Waals surface area contributed by atoms with Crippen molar-refractivity contribution in [3.05, 3.63) is 71.6 Å². The minimum absolute atomic E-state index is 0.140. The van der Waals surface area contributed by atoms with Crippen molar-refractivity contribution in [1.29, 1.82) is 0 Å². The number of halogens is 2. The highest BCUT2D eigenvalue weighted by molar-refractivity contribution is 5.86. The fourth-order valence-electron chi connectivity index (χ4n) is 3.47. The van der Waals surface area contributed by atoms with Gasteiger partial charge in [0.15, 0.2) is 11.4 Å². The molecule has 0 fully saturated rings. The van der Waals surface area contributed by atoms with Crippen LogP contribution in [-0.2, 0) is 11.3 Å². The number of hydrogen-bond acceptors (Lipinski definition) is 4. The average Bonchev–Trinajstić information content (AvgIpc) is 3.37. The number of benzene rings is 1. The van der Waals surface area contributed by atoms with Gasteiger partial charge >= 0.3 is 0 Å². The van der Waals surface area contributed by atoms with Crippen LogP contribution in [0.4, 0.5) is 8.78 Å². The normalized spacial score (nSPS) is 12.4. The number of aromatic nitrogens is 3. The van der Waals surface area contributed by atoms with E-state index in [1.807, 2.05) is 37.3 Å². The number of aryl methyl sites for hydroxylation is 1. The van der Waals surface area contributed by atoms with Crippen LogP contribution in [0.2, 0.25) is 0 Å². The van der Waals surface area contributed by atoms with E-state index in [1.165, 1.54) is 17.0 Å². The number of fused-ring (bicyclic) bond motifs is 1. The maximum atomic E-state index is 13.8. The minimum atomic E-state index is -2.72. The largest absolute Gasteiger partial charge is 0.463 e. The Balaban J connectivity index is 1.68. The first kappa shape index (κ1) is 19.8. The third-order valence-electron chi connectivity index (χ3n) is 4.89. The zero-order valence-corrected chi connectivity index (χ0v) is 16.5. The second-order valence-corrected chi connectivity index (χ2v) is 7.02. The number of hydrogen-bond donors (Lipinski definition) is 1. The lowest BCUT2D eigenvalue weighted by molar-refractivity contribution is -0.122. The van der Waals surface area contributed by atoms with Gasteiger partial charge in [0.05, 0.1) is 23.4 Å². The van der Waals surface area contributed by atoms with E-state index in [9.17, 15) is 13.6 Å². The van der Waals surface area contributed by atoms with Crippen LogP contribution in [-0.4, -0.2) is 20.7 Å². The van der Waals surface area contributed by atoms with Gasteiger partial charge in [0, 0.05) is 5.56 Å². The molecule has 0 aliphatic heterocycles. The number of nitrogens with zero attached hydrogens (tertiary/aromatic N) is 3. The molecule has 0 aliphatic carbocycles. The summed E-state index contributed by atoms with van der Waals surface area (Å²) < 4.78 is 34.2. The molecule has 6 nitrogen and oxygen atoms in total. The molecule has 4 aromatic rings. The van der Waals surface area contributed by atoms with E-state index >= 15 is 0 Å². The van der Waals surface area contributed by atoms with Gasteiger partial charge in [0.1, 0.15) is 12.2 Å². The second kappa shape index (κ2) is 8.06. The zero-order valence-electron chi connectivity index (χ0n) is 16.5. The Bertz CT molecular complexity index is 1170. The van der Waals surface area contributed by atoms with Gasteiger partial charge < -0.3 is 9.73 Å². The van der Waals surface area contributed by atoms with Crippen molar-refractivity contribution >= 4 is 16.9 Å². The Hall–Kier alpha value is -3.55. The van der Waals surface area contributed by atoms with Crippen LogP contribution < -0.4 is 5.32 Å². The van der Waals surface area contributed by atoms with Gasteiger partial charge in [-0.2, -0.15) is 5.10 Å². The van der Waals surface area contributed by atoms with Gasteiger partial charge in [-0.3, -0.25) is 4.79 Å². The molecule has 1 amide bonds. The second-order valence-electron chi connectivity index (χ2n) is 7.02. The summed E-state index contributed by atoms with van der Waals surface area (Å²) in [7, 11) is 0. The number of nitrogens with one attached hydrogen (secondary N) is 1. The number of carbonyl (C=O) groups excluding carboxylic acids is 1. The molecule has 0 aliphatic rings. The molecule has 30 heavy (non-hydrogen) atoms. The van der Waals surface area contributed by atoms with Gasteiger partial charge in [-0.05, 0) is 37.6 Å². The Morgan fingerprint density at radius 1 is 1.20 bits per heavy atom. The Morgan fingerprint density at radius 3 is 2.63 bits per heavy atom. The summed E-state index contributed by atoms with van der Waals surface area (Å²) in [5, 5.41) is 7.46. The van der Waals surface area contributed by atoms with E-state index < -0.39 is 6.43 Å². The number of furan rings is 1. The molecule has 0 radical (unpaired) electrons. The summed E-state index contributed by atoms with van der Waals surface area (Å²) in [6.45, 7) is 3.37. The van der Waals surface area contributed by atoms with Crippen LogP contribution >= 0.6 is 0 Å². The predicted octanol–water partition coefficient (Wildman–Crippen LogP) is 4.81. The van der Waals surface area contributed by atoms with Gasteiger partial charge in [-0.1, -0.05) is 30.3 Å². The third kappa shape index (κ3) is 3.80. The smallest absolute Gasteiger partial charge is 0.264 e. The number of rotatable bonds is 6. The monoisotopic (exact) mass is 410 g/mol. The van der Waals surface area contributed by atoms with E-state index in [0.717, 1.165) is 5.56 Å². The number of pyridine rings is 1. The molecule has 1 aromatic carbocycles. The molecule has 1 atom stereocenters. The van der Waals surface area contributed by atoms with Gasteiger partial charge in [0.25, 0.3) is 6.43 Å². The molecule has 0 saturated heterocycles. The van der Waals surface area contributed by atoms with Gasteiger partial charge in [-0.15, -0.1) is 0 Å². The lowest BCUT2D eigenvalue weighted by atomic mass is 10.1. The van der Waals surface area contributed by atoms with E-state index in [2.05, 4.69) is 15.4 Å². The Kier molecular flexibility index (Phi) is 5.31. The van der Waals surface area contributed by atoms with E-state index in [1.54, 1.807) is 19.1 Å². The van der Waals surface area contributed by atoms with E-state index in [4.69, 9.17) is 4.42 Å². The molecule has 0 saturated carbocycles. The van der Waals surface area contributed by atoms with E-state index in [-0.39, 0.29) is 40.8 Å². The van der Waals surface area contributed by atoms with Crippen LogP contribution in [0, 0.1) is 6.92 Å². The molecule has 0 bridgehead atoms. The minimum Gasteiger partial charge on any atom is -0.463 e. The quantitative estimate of drug-likeness (QED) is 0.495. The van der Waals surface area contributed by atoms with Crippen LogP contribution in [0.3, 0.4) is 0 Å². The van der Waals surface area contributed by atoms with Crippen molar-refractivity contribution < 1.29 is 18.0 Å². The molecule has 1 N–H and O–H groups in total. The third-order valence-corrected chi connectivity index (χ3v) is 4.89. The molecule has 8 heteroatoms. The highest BCUT2D eigenvalue weighted by Gasteiger charge is 2.23. The number of amides is 1. The van der Waals surface area contributed by atoms with Crippen molar-refractivity contribution in [2.75, 3.05) is 0 Å². The SMILES string of the molecule is Cc1nn(CC(=O)NC(C)c2ccccc2)c2nc(-c3ccco3)cc(C(F)F)c12. The fraction of sp³-hybridized carbons (Fsp3) is 0.227. The van der Waals surface area contributed by atoms with Crippen LogP contribution in [0.15, 0.2) is 59.2 Å². The number of alkyl halides is 2. The Morgan fingerprint density at radius 2 is 1.97 bits per heavy atom. The maximum absolute atomic E-state index is 13.8. The van der Waals surface area contributed by atoms with Crippen LogP contribution in [0.1, 0.15) is 36.2 Å². The topological polar surface area (TPSA) is 73.0 Å². The molecule has 0 spiro atoms. The molecule has 3 heterocycles. The van der Waals surface area contributed by atoms with Gasteiger partial charge in [0.2, 0.25) is 5.91 Å². The predicted molar refractivity (Wildman–Crippen MR) is 108 cm³/mol. The summed E-state index contributed by atoms with van der Waals surface area (Å²) in [4.78, 5) is 17.1. The lowest BCUT2D eigenvalue weighted by Crippen LogP contribution is -2.30. The average molecular weight is 410 g/mol. The fourth-order valence-corrected chi connectivity index (χ4v) is 3.47. The highest BCUT2D eigenvalue weighted by atomic mass is 19.3. The standard InChI is InChI=1S/C22H20F2N4O2/c1-13(15-7-4-3-5-8-15)25-19(29)12-28-22-20(14(2)27-28)16(21(23)24)11-17(26-22)18-9-6-10-30-18/h3-11,13,21H,12H2,1-2H3,(H,25,29). The van der Waals surface area contributed by atoms with Gasteiger partial charge in [-0.25, -0.2) is 18.4 Å². The first-order valence-electron chi connectivity index (χ1n) is 9.48. The van der Waals surface area contributed by atoms with Crippen LogP contribution in [0.25, 0.3) is 22.5 Å². The molecular weight excluding hydrogens is 390 g/mol. The molecule has 3 aromatic heterocycles. The maximum Gasteiger partial charge on any atom is 0.264 e. The summed E-state index contributed by atoms with van der Waals surface area (Å²) in [5.41, 5.74) is 1.66. The van der Waals surface area contributed by atoms with E-state index in [0.29, 0.717) is 11.5 Å². The highest BCUT2D eigenvalue weighted by Crippen LogP contribution is 2.33. The van der Waals surface area contributed by atoms with Crippen LogP contribution in [0.5, 0.6) is 0 Å². The van der Waals surface area contributed by atoms with Crippen molar-refractivity contribution in [2.24, 2.45) is 0 Å². The summed E-state index contributed by atoms with van der Waals surface area (Å²) in [6.07, 6.45) is -1.27. The van der Waals surface area contributed by atoms with Crippen molar-refractivity contribution in [3.63, 3.8) is 0 Å². The first-order chi connectivity index (χ1) is 14.4. The molecular formula is C22H20F2N4O2. The Labute approximate surface area is 171 Å². The first-order valence-corrected chi connectivity index (χ1v) is 9.48. The summed E-state index contributed by atoms with van der Waals surface area (Å²) >= 11 is 0. The molecule has 4 rings (SSSR count). The lowest BCUT2D eigenvalue weighted by Gasteiger charge is -2.14. The van der Waals surface area contributed by atoms with Crippen molar-refractivity contribution in [3.8, 4) is 11.5 Å². The molecule has 1 unspecified atom stereocenters. The summed E-state index contributed by atoms with van der Waals surface area (Å²) in [5.74, 6) is 0.0749. The van der Waals surface area contributed by atoms with Crippen molar-refractivity contribution in [2.45, 2.75) is 32.9 Å². The molecule has 154 valence electrons.